The smallest absolute Gasteiger partial charge is 0.262 e. The molecule has 7 heteroatoms. The van der Waals surface area contributed by atoms with Crippen LogP contribution >= 0.6 is 28.1 Å². The number of hydrogen-bond acceptors (Lipinski definition) is 4. The van der Waals surface area contributed by atoms with Gasteiger partial charge in [0.05, 0.1) is 11.4 Å². The van der Waals surface area contributed by atoms with Crippen molar-refractivity contribution in [3.05, 3.63) is 78.8 Å². The standard InChI is InChI=1S/C21H16BrN3O2S/c1-11-5-3-4-6-18(11)25-20(27)16(19(26)24-21(25)28)10-14-12(2)23-17-8-7-13(22)9-15(14)17/h3-10,27H,1-2H3,(H,24,26,28)/b14-10-. The molecule has 0 atom stereocenters. The van der Waals surface area contributed by atoms with E-state index < -0.39 is 5.56 Å². The molecule has 0 unspecified atom stereocenters. The Balaban J connectivity index is 1.98. The third-order valence-electron chi connectivity index (χ3n) is 4.69. The average Bonchev–Trinajstić information content (AvgIpc) is 2.94. The number of H-pyrrole nitrogens is 1. The lowest BCUT2D eigenvalue weighted by Crippen LogP contribution is -2.16. The molecule has 0 spiro atoms. The van der Waals surface area contributed by atoms with Gasteiger partial charge in [0.2, 0.25) is 5.88 Å². The van der Waals surface area contributed by atoms with Gasteiger partial charge in [-0.1, -0.05) is 34.1 Å². The van der Waals surface area contributed by atoms with Crippen molar-refractivity contribution < 1.29 is 5.11 Å². The summed E-state index contributed by atoms with van der Waals surface area (Å²) in [6, 6.07) is 13.3. The fraction of sp³-hybridized carbons (Fsp3) is 0.0952. The molecule has 2 aromatic carbocycles. The zero-order valence-corrected chi connectivity index (χ0v) is 17.6. The van der Waals surface area contributed by atoms with E-state index in [1.165, 1.54) is 4.57 Å². The summed E-state index contributed by atoms with van der Waals surface area (Å²) in [5, 5.41) is 11.0. The number of aromatic nitrogens is 2. The molecule has 2 N–H and O–H groups in total. The molecule has 5 nitrogen and oxygen atoms in total. The third kappa shape index (κ3) is 3.06. The topological polar surface area (TPSA) is 70.4 Å². The highest BCUT2D eigenvalue weighted by Crippen LogP contribution is 2.38. The first-order valence-corrected chi connectivity index (χ1v) is 9.78. The van der Waals surface area contributed by atoms with Gasteiger partial charge >= 0.3 is 0 Å². The number of rotatable bonds is 2. The normalized spacial score (nSPS) is 14.2. The maximum absolute atomic E-state index is 12.6. The maximum atomic E-state index is 12.6. The Morgan fingerprint density at radius 2 is 1.96 bits per heavy atom. The van der Waals surface area contributed by atoms with Crippen molar-refractivity contribution in [3.63, 3.8) is 0 Å². The summed E-state index contributed by atoms with van der Waals surface area (Å²) in [5.41, 5.74) is 4.60. The molecule has 3 aromatic rings. The Bertz CT molecular complexity index is 1300. The number of halogens is 1. The number of aromatic amines is 1. The van der Waals surface area contributed by atoms with Crippen molar-refractivity contribution >= 4 is 51.2 Å². The largest absolute Gasteiger partial charge is 0.494 e. The maximum Gasteiger partial charge on any atom is 0.262 e. The average molecular weight is 454 g/mol. The van der Waals surface area contributed by atoms with E-state index in [2.05, 4.69) is 25.9 Å². The predicted octanol–water partition coefficient (Wildman–Crippen LogP) is 5.32. The lowest BCUT2D eigenvalue weighted by molar-refractivity contribution is 0.431. The molecule has 0 aliphatic carbocycles. The van der Waals surface area contributed by atoms with Crippen molar-refractivity contribution in [1.29, 1.82) is 0 Å². The SMILES string of the molecule is CC1=Nc2ccc(Br)cc2/C1=C\c1c(O)n(-c2ccccc2C)c(=S)[nH]c1=O. The number of aromatic hydroxyl groups is 1. The minimum Gasteiger partial charge on any atom is -0.494 e. The third-order valence-corrected chi connectivity index (χ3v) is 5.47. The van der Waals surface area contributed by atoms with Gasteiger partial charge in [0.25, 0.3) is 5.56 Å². The Hall–Kier alpha value is -2.77. The van der Waals surface area contributed by atoms with Gasteiger partial charge < -0.3 is 5.11 Å². The molecule has 0 saturated heterocycles. The molecule has 4 rings (SSSR count). The molecule has 140 valence electrons. The second-order valence-corrected chi connectivity index (χ2v) is 7.84. The van der Waals surface area contributed by atoms with Crippen LogP contribution in [0.5, 0.6) is 5.88 Å². The van der Waals surface area contributed by atoms with Crippen molar-refractivity contribution in [1.82, 2.24) is 9.55 Å². The van der Waals surface area contributed by atoms with Crippen LogP contribution in [0.4, 0.5) is 5.69 Å². The van der Waals surface area contributed by atoms with Crippen LogP contribution in [0.2, 0.25) is 0 Å². The van der Waals surface area contributed by atoms with Gasteiger partial charge in [-0.25, -0.2) is 0 Å². The Morgan fingerprint density at radius 1 is 1.21 bits per heavy atom. The first-order valence-electron chi connectivity index (χ1n) is 8.58. The molecule has 0 saturated carbocycles. The fourth-order valence-corrected chi connectivity index (χ4v) is 3.93. The minimum absolute atomic E-state index is 0.134. The summed E-state index contributed by atoms with van der Waals surface area (Å²) in [4.78, 5) is 19.8. The predicted molar refractivity (Wildman–Crippen MR) is 118 cm³/mol. The second-order valence-electron chi connectivity index (χ2n) is 6.54. The van der Waals surface area contributed by atoms with Gasteiger partial charge in [-0.2, -0.15) is 0 Å². The van der Waals surface area contributed by atoms with Gasteiger partial charge in [0, 0.05) is 21.3 Å². The van der Waals surface area contributed by atoms with E-state index in [1.54, 1.807) is 6.08 Å². The second kappa shape index (κ2) is 7.00. The van der Waals surface area contributed by atoms with Gasteiger partial charge in [-0.05, 0) is 62.0 Å². The van der Waals surface area contributed by atoms with Crippen LogP contribution in [0.15, 0.2) is 56.7 Å². The van der Waals surface area contributed by atoms with Crippen molar-refractivity contribution in [2.24, 2.45) is 4.99 Å². The van der Waals surface area contributed by atoms with Crippen LogP contribution in [0.3, 0.4) is 0 Å². The zero-order valence-electron chi connectivity index (χ0n) is 15.2. The molecule has 1 aliphatic rings. The summed E-state index contributed by atoms with van der Waals surface area (Å²) in [7, 11) is 0. The highest BCUT2D eigenvalue weighted by Gasteiger charge is 2.21. The van der Waals surface area contributed by atoms with Crippen LogP contribution in [-0.4, -0.2) is 20.4 Å². The summed E-state index contributed by atoms with van der Waals surface area (Å²) >= 11 is 8.78. The van der Waals surface area contributed by atoms with Crippen LogP contribution in [0.25, 0.3) is 17.3 Å². The number of benzene rings is 2. The molecule has 0 amide bonds. The Kier molecular flexibility index (Phi) is 4.64. The molecule has 0 bridgehead atoms. The van der Waals surface area contributed by atoms with Crippen molar-refractivity contribution in [3.8, 4) is 11.6 Å². The number of hydrogen-bond donors (Lipinski definition) is 2. The van der Waals surface area contributed by atoms with Gasteiger partial charge in [0.15, 0.2) is 4.77 Å². The lowest BCUT2D eigenvalue weighted by atomic mass is 10.0. The van der Waals surface area contributed by atoms with Crippen LogP contribution < -0.4 is 5.56 Å². The number of allylic oxidation sites excluding steroid dienone is 1. The van der Waals surface area contributed by atoms with Gasteiger partial charge in [-0.3, -0.25) is 19.3 Å². The number of para-hydroxylation sites is 1. The molecule has 0 radical (unpaired) electrons. The molecule has 1 aromatic heterocycles. The van der Waals surface area contributed by atoms with E-state index >= 15 is 0 Å². The molecular weight excluding hydrogens is 438 g/mol. The monoisotopic (exact) mass is 453 g/mol. The molecular formula is C21H16BrN3O2S. The fourth-order valence-electron chi connectivity index (χ4n) is 3.29. The van der Waals surface area contributed by atoms with E-state index in [-0.39, 0.29) is 16.2 Å². The minimum atomic E-state index is -0.448. The van der Waals surface area contributed by atoms with E-state index in [1.807, 2.05) is 56.3 Å². The van der Waals surface area contributed by atoms with Gasteiger partial charge in [0.1, 0.15) is 5.56 Å². The quantitative estimate of drug-likeness (QED) is 0.515. The number of nitrogens with zero attached hydrogens (tertiary/aromatic N) is 2. The number of fused-ring (bicyclic) bond motifs is 1. The van der Waals surface area contributed by atoms with E-state index in [4.69, 9.17) is 12.2 Å². The molecule has 1 aliphatic heterocycles. The Morgan fingerprint density at radius 3 is 2.71 bits per heavy atom. The summed E-state index contributed by atoms with van der Waals surface area (Å²) in [6.07, 6.45) is 1.66. The first kappa shape index (κ1) is 18.6. The lowest BCUT2D eigenvalue weighted by Gasteiger charge is -2.14. The van der Waals surface area contributed by atoms with Crippen LogP contribution in [0.1, 0.15) is 23.6 Å². The molecule has 28 heavy (non-hydrogen) atoms. The first-order chi connectivity index (χ1) is 13.4. The van der Waals surface area contributed by atoms with Crippen LogP contribution in [0, 0.1) is 11.7 Å². The van der Waals surface area contributed by atoms with E-state index in [0.29, 0.717) is 5.69 Å². The van der Waals surface area contributed by atoms with Gasteiger partial charge in [-0.15, -0.1) is 0 Å². The number of nitrogens with one attached hydrogen (secondary N) is 1. The van der Waals surface area contributed by atoms with Crippen molar-refractivity contribution in [2.75, 3.05) is 0 Å². The van der Waals surface area contributed by atoms with Crippen LogP contribution in [-0.2, 0) is 0 Å². The van der Waals surface area contributed by atoms with E-state index in [0.717, 1.165) is 32.6 Å². The molecule has 2 heterocycles. The highest BCUT2D eigenvalue weighted by molar-refractivity contribution is 9.10. The summed E-state index contributed by atoms with van der Waals surface area (Å²) in [6.45, 7) is 3.79. The van der Waals surface area contributed by atoms with Crippen molar-refractivity contribution in [2.45, 2.75) is 13.8 Å². The Labute approximate surface area is 174 Å². The van der Waals surface area contributed by atoms with E-state index in [9.17, 15) is 9.90 Å². The zero-order chi connectivity index (χ0) is 20.0. The number of aliphatic imine (C=N–C) groups is 1. The summed E-state index contributed by atoms with van der Waals surface area (Å²) in [5.74, 6) is -0.202. The highest BCUT2D eigenvalue weighted by atomic mass is 79.9. The number of aryl methyl sites for hydroxylation is 1. The summed E-state index contributed by atoms with van der Waals surface area (Å²) < 4.78 is 2.52. The molecule has 0 fully saturated rings.